The molecule has 15 heavy (non-hydrogen) atoms. The van der Waals surface area contributed by atoms with Crippen molar-refractivity contribution < 1.29 is 9.53 Å². The van der Waals surface area contributed by atoms with Gasteiger partial charge in [-0.25, -0.2) is 4.79 Å². The van der Waals surface area contributed by atoms with E-state index in [1.807, 2.05) is 20.8 Å². The Balaban J connectivity index is 0.000000921. The number of ether oxygens (including phenoxy) is 1. The van der Waals surface area contributed by atoms with Crippen molar-refractivity contribution >= 4 is 6.09 Å². The second-order valence-electron chi connectivity index (χ2n) is 4.45. The van der Waals surface area contributed by atoms with Gasteiger partial charge < -0.3 is 10.1 Å². The van der Waals surface area contributed by atoms with Crippen LogP contribution in [0.25, 0.3) is 0 Å². The molecule has 0 bridgehead atoms. The second kappa shape index (κ2) is 5.99. The van der Waals surface area contributed by atoms with Crippen LogP contribution in [0.3, 0.4) is 0 Å². The van der Waals surface area contributed by atoms with E-state index < -0.39 is 0 Å². The van der Waals surface area contributed by atoms with E-state index in [1.165, 1.54) is 20.0 Å². The average Bonchev–Trinajstić information content (AvgIpc) is 3.04. The molecule has 0 aromatic heterocycles. The molecule has 0 aromatic rings. The first-order valence-corrected chi connectivity index (χ1v) is 5.83. The van der Waals surface area contributed by atoms with Crippen LogP contribution >= 0.6 is 0 Å². The summed E-state index contributed by atoms with van der Waals surface area (Å²) in [6.07, 6.45) is 2.25. The summed E-state index contributed by atoms with van der Waals surface area (Å²) in [5.41, 5.74) is 0.189. The molecular weight excluding hydrogens is 190 g/mol. The normalized spacial score (nSPS) is 17.2. The molecule has 0 heterocycles. The molecule has 1 fully saturated rings. The molecule has 3 nitrogen and oxygen atoms in total. The average molecular weight is 215 g/mol. The predicted octanol–water partition coefficient (Wildman–Crippen LogP) is 3.19. The van der Waals surface area contributed by atoms with Gasteiger partial charge in [0.1, 0.15) is 0 Å². The molecule has 1 atom stereocenters. The molecule has 1 amide bonds. The minimum absolute atomic E-state index is 0.174. The molecule has 1 rings (SSSR count). The lowest BCUT2D eigenvalue weighted by molar-refractivity contribution is 0.147. The smallest absolute Gasteiger partial charge is 0.407 e. The van der Waals surface area contributed by atoms with Crippen LogP contribution in [0.5, 0.6) is 0 Å². The Kier molecular flexibility index (Phi) is 5.69. The zero-order valence-electron chi connectivity index (χ0n) is 10.9. The summed E-state index contributed by atoms with van der Waals surface area (Å²) in [5.74, 6) is 0.764. The maximum Gasteiger partial charge on any atom is 0.407 e. The van der Waals surface area contributed by atoms with Crippen LogP contribution in [0.15, 0.2) is 0 Å². The lowest BCUT2D eigenvalue weighted by atomic mass is 9.80. The van der Waals surface area contributed by atoms with Gasteiger partial charge in [-0.15, -0.1) is 0 Å². The predicted molar refractivity (Wildman–Crippen MR) is 62.9 cm³/mol. The minimum atomic E-state index is -0.332. The number of methoxy groups -OCH3 is 1. The third-order valence-corrected chi connectivity index (χ3v) is 3.27. The summed E-state index contributed by atoms with van der Waals surface area (Å²) >= 11 is 0. The third kappa shape index (κ3) is 4.10. The number of rotatable bonds is 3. The molecular formula is C12H25NO2. The van der Waals surface area contributed by atoms with Crippen LogP contribution in [-0.2, 0) is 4.74 Å². The molecule has 1 saturated carbocycles. The van der Waals surface area contributed by atoms with Crippen molar-refractivity contribution in [2.24, 2.45) is 11.3 Å². The van der Waals surface area contributed by atoms with Gasteiger partial charge in [-0.2, -0.15) is 0 Å². The van der Waals surface area contributed by atoms with E-state index in [0.29, 0.717) is 0 Å². The highest BCUT2D eigenvalue weighted by molar-refractivity contribution is 5.67. The van der Waals surface area contributed by atoms with Crippen LogP contribution in [0.2, 0.25) is 0 Å². The van der Waals surface area contributed by atoms with Gasteiger partial charge in [0.15, 0.2) is 0 Å². The summed E-state index contributed by atoms with van der Waals surface area (Å²) in [4.78, 5) is 11.0. The van der Waals surface area contributed by atoms with Crippen LogP contribution in [-0.4, -0.2) is 19.2 Å². The van der Waals surface area contributed by atoms with Crippen molar-refractivity contribution in [2.75, 3.05) is 7.11 Å². The largest absolute Gasteiger partial charge is 0.453 e. The van der Waals surface area contributed by atoms with E-state index in [1.54, 1.807) is 0 Å². The summed E-state index contributed by atoms with van der Waals surface area (Å²) in [7, 11) is 1.40. The lowest BCUT2D eigenvalue weighted by Gasteiger charge is -2.32. The van der Waals surface area contributed by atoms with E-state index in [2.05, 4.69) is 23.9 Å². The van der Waals surface area contributed by atoms with Crippen molar-refractivity contribution in [3.63, 3.8) is 0 Å². The number of carbonyl (C=O) groups is 1. The van der Waals surface area contributed by atoms with Gasteiger partial charge in [-0.3, -0.25) is 0 Å². The van der Waals surface area contributed by atoms with Gasteiger partial charge in [-0.1, -0.05) is 27.7 Å². The van der Waals surface area contributed by atoms with Crippen LogP contribution in [0.1, 0.15) is 47.5 Å². The highest BCUT2D eigenvalue weighted by Crippen LogP contribution is 2.47. The first kappa shape index (κ1) is 14.3. The highest BCUT2D eigenvalue weighted by Gasteiger charge is 2.42. The van der Waals surface area contributed by atoms with Crippen LogP contribution in [0, 0.1) is 11.3 Å². The molecule has 0 radical (unpaired) electrons. The standard InChI is InChI=1S/C10H19NO2.C2H6/c1-7(11-9(12)13-4)10(2,3)8-5-6-8;1-2/h7-8H,5-6H2,1-4H3,(H,11,12);1-2H3. The van der Waals surface area contributed by atoms with Crippen molar-refractivity contribution in [2.45, 2.75) is 53.5 Å². The zero-order chi connectivity index (χ0) is 12.1. The number of carbonyl (C=O) groups excluding carboxylic acids is 1. The van der Waals surface area contributed by atoms with E-state index in [9.17, 15) is 4.79 Å². The summed E-state index contributed by atoms with van der Waals surface area (Å²) in [5, 5.41) is 2.83. The van der Waals surface area contributed by atoms with Gasteiger partial charge in [-0.05, 0) is 31.1 Å². The Morgan fingerprint density at radius 2 is 1.87 bits per heavy atom. The van der Waals surface area contributed by atoms with E-state index in [-0.39, 0.29) is 17.6 Å². The number of alkyl carbamates (subject to hydrolysis) is 1. The van der Waals surface area contributed by atoms with Gasteiger partial charge >= 0.3 is 6.09 Å². The molecule has 0 saturated heterocycles. The van der Waals surface area contributed by atoms with E-state index >= 15 is 0 Å². The first-order valence-electron chi connectivity index (χ1n) is 5.83. The second-order valence-corrected chi connectivity index (χ2v) is 4.45. The first-order chi connectivity index (χ1) is 6.98. The summed E-state index contributed by atoms with van der Waals surface area (Å²) < 4.78 is 4.57. The third-order valence-electron chi connectivity index (χ3n) is 3.27. The Labute approximate surface area is 93.6 Å². The van der Waals surface area contributed by atoms with Crippen molar-refractivity contribution in [3.8, 4) is 0 Å². The quantitative estimate of drug-likeness (QED) is 0.785. The van der Waals surface area contributed by atoms with Crippen molar-refractivity contribution in [3.05, 3.63) is 0 Å². The van der Waals surface area contributed by atoms with E-state index in [0.717, 1.165) is 5.92 Å². The van der Waals surface area contributed by atoms with Gasteiger partial charge in [0.05, 0.1) is 7.11 Å². The molecule has 1 N–H and O–H groups in total. The molecule has 1 unspecified atom stereocenters. The van der Waals surface area contributed by atoms with Crippen molar-refractivity contribution in [1.29, 1.82) is 0 Å². The minimum Gasteiger partial charge on any atom is -0.453 e. The van der Waals surface area contributed by atoms with Crippen molar-refractivity contribution in [1.82, 2.24) is 5.32 Å². The van der Waals surface area contributed by atoms with Crippen LogP contribution in [0.4, 0.5) is 4.79 Å². The Morgan fingerprint density at radius 1 is 1.40 bits per heavy atom. The highest BCUT2D eigenvalue weighted by atomic mass is 16.5. The van der Waals surface area contributed by atoms with E-state index in [4.69, 9.17) is 0 Å². The zero-order valence-corrected chi connectivity index (χ0v) is 10.9. The Morgan fingerprint density at radius 3 is 2.20 bits per heavy atom. The molecule has 90 valence electrons. The Hall–Kier alpha value is -0.730. The maximum absolute atomic E-state index is 11.0. The van der Waals surface area contributed by atoms with Crippen LogP contribution < -0.4 is 5.32 Å². The molecule has 1 aliphatic rings. The summed E-state index contributed by atoms with van der Waals surface area (Å²) in [6, 6.07) is 0.174. The fraction of sp³-hybridized carbons (Fsp3) is 0.917. The topological polar surface area (TPSA) is 38.3 Å². The molecule has 0 spiro atoms. The lowest BCUT2D eigenvalue weighted by Crippen LogP contribution is -2.44. The fourth-order valence-corrected chi connectivity index (χ4v) is 1.60. The fourth-order valence-electron chi connectivity index (χ4n) is 1.60. The van der Waals surface area contributed by atoms with Gasteiger partial charge in [0.25, 0.3) is 0 Å². The Bertz CT molecular complexity index is 198. The number of hydrogen-bond donors (Lipinski definition) is 1. The molecule has 3 heteroatoms. The monoisotopic (exact) mass is 215 g/mol. The summed E-state index contributed by atoms with van der Waals surface area (Å²) in [6.45, 7) is 10.4. The molecule has 0 aromatic carbocycles. The number of amides is 1. The number of nitrogens with one attached hydrogen (secondary N) is 1. The SMILES string of the molecule is CC.COC(=O)NC(C)C(C)(C)C1CC1. The van der Waals surface area contributed by atoms with Gasteiger partial charge in [0.2, 0.25) is 0 Å². The van der Waals surface area contributed by atoms with Gasteiger partial charge in [0, 0.05) is 6.04 Å². The maximum atomic E-state index is 11.0. The molecule has 1 aliphatic carbocycles. The number of hydrogen-bond acceptors (Lipinski definition) is 2. The molecule has 0 aliphatic heterocycles.